The molecule has 0 unspecified atom stereocenters. The van der Waals surface area contributed by atoms with E-state index in [0.717, 1.165) is 38.5 Å². The van der Waals surface area contributed by atoms with Crippen LogP contribution in [-0.4, -0.2) is 61.2 Å². The number of benzene rings is 1. The van der Waals surface area contributed by atoms with Gasteiger partial charge in [0.25, 0.3) is 0 Å². The first-order valence-electron chi connectivity index (χ1n) is 11.8. The summed E-state index contributed by atoms with van der Waals surface area (Å²) in [6, 6.07) is 10.2. The molecule has 1 aliphatic carbocycles. The highest BCUT2D eigenvalue weighted by Crippen LogP contribution is 2.48. The van der Waals surface area contributed by atoms with Gasteiger partial charge in [0.15, 0.2) is 35.1 Å². The smallest absolute Gasteiger partial charge is 0.335 e. The minimum atomic E-state index is -1.11. The fourth-order valence-corrected chi connectivity index (χ4v) is 5.30. The molecule has 3 fully saturated rings. The van der Waals surface area contributed by atoms with E-state index in [9.17, 15) is 9.90 Å². The average Bonchev–Trinajstić information content (AvgIpc) is 3.52. The third kappa shape index (κ3) is 3.71. The number of nitrogens with zero attached hydrogens (tertiary/aromatic N) is 4. The minimum Gasteiger partial charge on any atom is -0.479 e. The fraction of sp³-hybridized carbons (Fsp3) is 0.500. The van der Waals surface area contributed by atoms with Crippen molar-refractivity contribution in [1.82, 2.24) is 19.5 Å². The molecule has 178 valence electrons. The summed E-state index contributed by atoms with van der Waals surface area (Å²) in [5.41, 5.74) is 2.38. The van der Waals surface area contributed by atoms with E-state index in [1.807, 2.05) is 18.2 Å². The Labute approximate surface area is 196 Å². The number of hydrogen-bond donors (Lipinski definition) is 2. The van der Waals surface area contributed by atoms with Crippen molar-refractivity contribution in [2.24, 2.45) is 0 Å². The molecule has 3 aromatic rings. The summed E-state index contributed by atoms with van der Waals surface area (Å²) in [5, 5.41) is 13.1. The van der Waals surface area contributed by atoms with Crippen LogP contribution in [-0.2, 0) is 25.4 Å². The number of aromatic nitrogens is 4. The van der Waals surface area contributed by atoms with E-state index in [0.29, 0.717) is 23.5 Å². The standard InChI is InChI=1S/C24H27N5O5/c30-23(31)19-17-18(34-24(33-17)10-5-2-6-11-24)22(32-19)29-14-28-16-20(26-13-27-21(16)29)25-12-9-15-7-3-1-4-8-15/h1,3-4,7-8,13-14,17-19,22H,2,5-6,9-12H2,(H,30,31)(H,25,26,27)/t17-,18+,19-,22+/m0/s1. The van der Waals surface area contributed by atoms with Crippen molar-refractivity contribution in [3.8, 4) is 0 Å². The summed E-state index contributed by atoms with van der Waals surface area (Å²) in [6.45, 7) is 0.689. The summed E-state index contributed by atoms with van der Waals surface area (Å²) < 4.78 is 20.3. The van der Waals surface area contributed by atoms with Crippen LogP contribution in [0.3, 0.4) is 0 Å². The van der Waals surface area contributed by atoms with Crippen molar-refractivity contribution in [2.75, 3.05) is 11.9 Å². The van der Waals surface area contributed by atoms with Crippen LogP contribution in [0.2, 0.25) is 0 Å². The lowest BCUT2D eigenvalue weighted by Crippen LogP contribution is -2.38. The van der Waals surface area contributed by atoms with Crippen LogP contribution in [0.25, 0.3) is 11.2 Å². The molecular weight excluding hydrogens is 438 g/mol. The first-order chi connectivity index (χ1) is 16.6. The molecule has 0 amide bonds. The molecule has 4 heterocycles. The van der Waals surface area contributed by atoms with Crippen molar-refractivity contribution >= 4 is 23.0 Å². The Balaban J connectivity index is 1.26. The van der Waals surface area contributed by atoms with Gasteiger partial charge < -0.3 is 24.6 Å². The van der Waals surface area contributed by atoms with Crippen LogP contribution in [0.4, 0.5) is 5.82 Å². The molecule has 10 heteroatoms. The van der Waals surface area contributed by atoms with Crippen LogP contribution in [0.1, 0.15) is 43.9 Å². The molecule has 1 saturated carbocycles. The number of hydrogen-bond acceptors (Lipinski definition) is 8. The number of imidazole rings is 1. The van der Waals surface area contributed by atoms with Crippen LogP contribution < -0.4 is 5.32 Å². The lowest BCUT2D eigenvalue weighted by atomic mass is 9.94. The zero-order valence-corrected chi connectivity index (χ0v) is 18.7. The van der Waals surface area contributed by atoms with Crippen molar-refractivity contribution in [3.63, 3.8) is 0 Å². The molecule has 1 aromatic carbocycles. The lowest BCUT2D eigenvalue weighted by Gasteiger charge is -2.33. The van der Waals surface area contributed by atoms with Gasteiger partial charge in [0.05, 0.1) is 6.33 Å². The monoisotopic (exact) mass is 465 g/mol. The zero-order valence-electron chi connectivity index (χ0n) is 18.7. The van der Waals surface area contributed by atoms with Gasteiger partial charge in [0.1, 0.15) is 18.5 Å². The number of anilines is 1. The van der Waals surface area contributed by atoms with Gasteiger partial charge in [0.2, 0.25) is 0 Å². The number of aliphatic carboxylic acids is 1. The Bertz CT molecular complexity index is 1180. The van der Waals surface area contributed by atoms with Crippen molar-refractivity contribution in [1.29, 1.82) is 0 Å². The van der Waals surface area contributed by atoms with Gasteiger partial charge >= 0.3 is 5.97 Å². The molecule has 3 aliphatic rings. The number of carboxylic acid groups (broad SMARTS) is 1. The van der Waals surface area contributed by atoms with Gasteiger partial charge in [-0.05, 0) is 24.8 Å². The van der Waals surface area contributed by atoms with Gasteiger partial charge in [-0.25, -0.2) is 19.7 Å². The quantitative estimate of drug-likeness (QED) is 0.566. The number of carboxylic acids is 1. The highest BCUT2D eigenvalue weighted by Gasteiger charge is 2.61. The van der Waals surface area contributed by atoms with E-state index >= 15 is 0 Å². The summed E-state index contributed by atoms with van der Waals surface area (Å²) in [5.74, 6) is -1.16. The Kier molecular flexibility index (Phi) is 5.43. The molecule has 6 rings (SSSR count). The highest BCUT2D eigenvalue weighted by atomic mass is 16.8. The van der Waals surface area contributed by atoms with Gasteiger partial charge in [-0.3, -0.25) is 4.57 Å². The maximum absolute atomic E-state index is 12.0. The summed E-state index contributed by atoms with van der Waals surface area (Å²) >= 11 is 0. The topological polar surface area (TPSA) is 121 Å². The first kappa shape index (κ1) is 21.5. The van der Waals surface area contributed by atoms with Crippen LogP contribution >= 0.6 is 0 Å². The molecule has 4 atom stereocenters. The average molecular weight is 466 g/mol. The second kappa shape index (κ2) is 8.61. The van der Waals surface area contributed by atoms with E-state index in [4.69, 9.17) is 14.2 Å². The predicted molar refractivity (Wildman–Crippen MR) is 121 cm³/mol. The summed E-state index contributed by atoms with van der Waals surface area (Å²) in [4.78, 5) is 25.3. The normalized spacial score (nSPS) is 27.8. The Hall–Kier alpha value is -3.08. The Morgan fingerprint density at radius 1 is 1.09 bits per heavy atom. The van der Waals surface area contributed by atoms with Crippen LogP contribution in [0, 0.1) is 0 Å². The van der Waals surface area contributed by atoms with E-state index in [2.05, 4.69) is 32.4 Å². The molecule has 2 N–H and O–H groups in total. The molecule has 0 bridgehead atoms. The molecule has 2 saturated heterocycles. The summed E-state index contributed by atoms with van der Waals surface area (Å²) in [7, 11) is 0. The molecule has 2 aromatic heterocycles. The molecule has 10 nitrogen and oxygen atoms in total. The molecule has 1 spiro atoms. The van der Waals surface area contributed by atoms with Crippen molar-refractivity contribution < 1.29 is 24.1 Å². The fourth-order valence-electron chi connectivity index (χ4n) is 5.30. The maximum atomic E-state index is 12.0. The number of fused-ring (bicyclic) bond motifs is 2. The summed E-state index contributed by atoms with van der Waals surface area (Å²) in [6.07, 6.45) is 5.55. The predicted octanol–water partition coefficient (Wildman–Crippen LogP) is 2.91. The van der Waals surface area contributed by atoms with E-state index in [1.54, 1.807) is 10.9 Å². The van der Waals surface area contributed by atoms with E-state index in [1.165, 1.54) is 11.9 Å². The van der Waals surface area contributed by atoms with Gasteiger partial charge in [-0.1, -0.05) is 36.8 Å². The second-order valence-electron chi connectivity index (χ2n) is 9.13. The van der Waals surface area contributed by atoms with Crippen molar-refractivity contribution in [2.45, 2.75) is 68.9 Å². The van der Waals surface area contributed by atoms with E-state index < -0.39 is 36.3 Å². The largest absolute Gasteiger partial charge is 0.479 e. The zero-order chi connectivity index (χ0) is 23.1. The number of carbonyl (C=O) groups is 1. The Morgan fingerprint density at radius 2 is 1.88 bits per heavy atom. The number of ether oxygens (including phenoxy) is 3. The van der Waals surface area contributed by atoms with E-state index in [-0.39, 0.29) is 0 Å². The number of rotatable bonds is 6. The van der Waals surface area contributed by atoms with Gasteiger partial charge in [-0.2, -0.15) is 0 Å². The molecule has 2 aliphatic heterocycles. The maximum Gasteiger partial charge on any atom is 0.335 e. The lowest BCUT2D eigenvalue weighted by molar-refractivity contribution is -0.231. The molecule has 34 heavy (non-hydrogen) atoms. The second-order valence-corrected chi connectivity index (χ2v) is 9.13. The van der Waals surface area contributed by atoms with Crippen LogP contribution in [0.15, 0.2) is 43.0 Å². The highest BCUT2D eigenvalue weighted by molar-refractivity contribution is 5.82. The SMILES string of the molecule is O=C(O)[C@H]1O[C@@H](n2cnc3c(NCCc4ccccc4)ncnc32)[C@@H]2OC3(CCCCC3)O[C@@H]21. The van der Waals surface area contributed by atoms with Gasteiger partial charge in [0, 0.05) is 19.4 Å². The molecular formula is C24H27N5O5. The third-order valence-corrected chi connectivity index (χ3v) is 6.93. The number of nitrogens with one attached hydrogen (secondary N) is 1. The van der Waals surface area contributed by atoms with Gasteiger partial charge in [-0.15, -0.1) is 0 Å². The van der Waals surface area contributed by atoms with Crippen molar-refractivity contribution in [3.05, 3.63) is 48.5 Å². The third-order valence-electron chi connectivity index (χ3n) is 6.93. The van der Waals surface area contributed by atoms with Crippen LogP contribution in [0.5, 0.6) is 0 Å². The minimum absolute atomic E-state index is 0.555. The Morgan fingerprint density at radius 3 is 2.68 bits per heavy atom. The molecule has 0 radical (unpaired) electrons. The first-order valence-corrected chi connectivity index (χ1v) is 11.8.